The van der Waals surface area contributed by atoms with Crippen LogP contribution in [0.25, 0.3) is 0 Å². The third kappa shape index (κ3) is 2.42. The van der Waals surface area contributed by atoms with E-state index in [1.54, 1.807) is 0 Å². The van der Waals surface area contributed by atoms with Crippen molar-refractivity contribution in [2.45, 2.75) is 43.8 Å². The van der Waals surface area contributed by atoms with Crippen molar-refractivity contribution < 1.29 is 0 Å². The van der Waals surface area contributed by atoms with Crippen molar-refractivity contribution in [2.75, 3.05) is 0 Å². The van der Waals surface area contributed by atoms with Gasteiger partial charge in [-0.05, 0) is 48.6 Å². The molecule has 1 aliphatic heterocycles. The Hall–Kier alpha value is -1.46. The fourth-order valence-corrected chi connectivity index (χ4v) is 4.96. The van der Waals surface area contributed by atoms with Gasteiger partial charge in [-0.25, -0.2) is 0 Å². The van der Waals surface area contributed by atoms with Crippen LogP contribution in [0.3, 0.4) is 0 Å². The molecular weight excluding hydrogens is 310 g/mol. The van der Waals surface area contributed by atoms with Crippen LogP contribution in [0.1, 0.15) is 48.3 Å². The highest BCUT2D eigenvalue weighted by Gasteiger charge is 2.43. The summed E-state index contributed by atoms with van der Waals surface area (Å²) in [5.41, 5.74) is 1.07. The van der Waals surface area contributed by atoms with Crippen molar-refractivity contribution in [3.05, 3.63) is 52.5 Å². The molecule has 1 N–H and O–H groups in total. The van der Waals surface area contributed by atoms with Crippen LogP contribution in [-0.4, -0.2) is 21.0 Å². The van der Waals surface area contributed by atoms with Crippen LogP contribution in [-0.2, 0) is 0 Å². The Labute approximate surface area is 140 Å². The van der Waals surface area contributed by atoms with Crippen LogP contribution in [0.4, 0.5) is 0 Å². The standard InChI is InChI=1S/C17H19N3S2/c21-17-19-15(13-8-3-4-10-18-13)16(14-9-5-11-22-14)20(17)12-6-1-2-7-12/h3-5,8-12,15-16H,1-2,6-7H2,(H,19,21)/t15-,16-/m1/s1. The van der Waals surface area contributed by atoms with Gasteiger partial charge in [-0.2, -0.15) is 0 Å². The Morgan fingerprint density at radius 1 is 1.18 bits per heavy atom. The zero-order chi connectivity index (χ0) is 14.9. The van der Waals surface area contributed by atoms with Gasteiger partial charge < -0.3 is 10.2 Å². The van der Waals surface area contributed by atoms with Crippen molar-refractivity contribution in [3.63, 3.8) is 0 Å². The molecule has 3 nitrogen and oxygen atoms in total. The van der Waals surface area contributed by atoms with Crippen LogP contribution in [0.2, 0.25) is 0 Å². The molecule has 22 heavy (non-hydrogen) atoms. The molecule has 0 spiro atoms. The SMILES string of the molecule is S=C1N[C@H](c2ccccn2)[C@@H](c2cccs2)N1C1CCCC1. The molecule has 0 bridgehead atoms. The summed E-state index contributed by atoms with van der Waals surface area (Å²) >= 11 is 7.51. The molecule has 4 rings (SSSR count). The summed E-state index contributed by atoms with van der Waals surface area (Å²) in [5.74, 6) is 0. The average Bonchev–Trinajstić information content (AvgIpc) is 3.28. The Morgan fingerprint density at radius 2 is 2.05 bits per heavy atom. The van der Waals surface area contributed by atoms with Gasteiger partial charge in [0.15, 0.2) is 5.11 Å². The summed E-state index contributed by atoms with van der Waals surface area (Å²) in [6.07, 6.45) is 6.99. The summed E-state index contributed by atoms with van der Waals surface area (Å²) in [5, 5.41) is 6.58. The molecule has 0 aromatic carbocycles. The molecule has 2 aliphatic rings. The first-order chi connectivity index (χ1) is 10.8. The molecule has 0 amide bonds. The smallest absolute Gasteiger partial charge is 0.170 e. The van der Waals surface area contributed by atoms with Crippen molar-refractivity contribution >= 4 is 28.7 Å². The molecule has 2 atom stereocenters. The predicted octanol–water partition coefficient (Wildman–Crippen LogP) is 4.06. The first-order valence-electron chi connectivity index (χ1n) is 7.88. The maximum absolute atomic E-state index is 5.70. The van der Waals surface area contributed by atoms with Gasteiger partial charge in [0.25, 0.3) is 0 Å². The molecule has 2 aromatic heterocycles. The normalized spacial score (nSPS) is 25.6. The lowest BCUT2D eigenvalue weighted by Crippen LogP contribution is -2.37. The fraction of sp³-hybridized carbons (Fsp3) is 0.412. The van der Waals surface area contributed by atoms with E-state index >= 15 is 0 Å². The van der Waals surface area contributed by atoms with Gasteiger partial charge in [-0.3, -0.25) is 4.98 Å². The predicted molar refractivity (Wildman–Crippen MR) is 93.9 cm³/mol. The zero-order valence-corrected chi connectivity index (χ0v) is 13.9. The molecule has 1 saturated heterocycles. The van der Waals surface area contributed by atoms with Gasteiger partial charge in [0, 0.05) is 17.1 Å². The quantitative estimate of drug-likeness (QED) is 0.860. The second kappa shape index (κ2) is 5.97. The number of hydrogen-bond acceptors (Lipinski definition) is 3. The highest BCUT2D eigenvalue weighted by atomic mass is 32.1. The van der Waals surface area contributed by atoms with Crippen LogP contribution in [0, 0.1) is 0 Å². The summed E-state index contributed by atoms with van der Waals surface area (Å²) < 4.78 is 0. The second-order valence-corrected chi connectivity index (χ2v) is 7.35. The fourth-order valence-electron chi connectivity index (χ4n) is 3.71. The monoisotopic (exact) mass is 329 g/mol. The molecule has 114 valence electrons. The number of nitrogens with one attached hydrogen (secondary N) is 1. The minimum absolute atomic E-state index is 0.146. The van der Waals surface area contributed by atoms with E-state index < -0.39 is 0 Å². The minimum atomic E-state index is 0.146. The van der Waals surface area contributed by atoms with E-state index in [2.05, 4.69) is 44.8 Å². The van der Waals surface area contributed by atoms with Gasteiger partial charge in [0.05, 0.1) is 17.8 Å². The maximum Gasteiger partial charge on any atom is 0.170 e. The van der Waals surface area contributed by atoms with E-state index in [-0.39, 0.29) is 12.1 Å². The Kier molecular flexibility index (Phi) is 3.84. The van der Waals surface area contributed by atoms with Crippen molar-refractivity contribution in [1.29, 1.82) is 0 Å². The summed E-state index contributed by atoms with van der Waals surface area (Å²) in [4.78, 5) is 8.39. The number of hydrogen-bond donors (Lipinski definition) is 1. The lowest BCUT2D eigenvalue weighted by molar-refractivity contribution is 0.249. The Morgan fingerprint density at radius 3 is 2.73 bits per heavy atom. The van der Waals surface area contributed by atoms with Gasteiger partial charge in [0.2, 0.25) is 0 Å². The van der Waals surface area contributed by atoms with Crippen molar-refractivity contribution in [1.82, 2.24) is 15.2 Å². The minimum Gasteiger partial charge on any atom is -0.352 e. The summed E-state index contributed by atoms with van der Waals surface area (Å²) in [6, 6.07) is 11.5. The van der Waals surface area contributed by atoms with Crippen LogP contribution in [0.5, 0.6) is 0 Å². The largest absolute Gasteiger partial charge is 0.352 e. The van der Waals surface area contributed by atoms with Crippen LogP contribution < -0.4 is 5.32 Å². The lowest BCUT2D eigenvalue weighted by atomic mass is 10.0. The number of thiocarbonyl (C=S) groups is 1. The van der Waals surface area contributed by atoms with Crippen molar-refractivity contribution in [3.8, 4) is 0 Å². The molecule has 3 heterocycles. The Balaban J connectivity index is 1.74. The molecule has 5 heteroatoms. The van der Waals surface area contributed by atoms with Gasteiger partial charge >= 0.3 is 0 Å². The molecular formula is C17H19N3S2. The number of nitrogens with zero attached hydrogens (tertiary/aromatic N) is 2. The van der Waals surface area contributed by atoms with Crippen LogP contribution in [0.15, 0.2) is 41.9 Å². The molecule has 2 aromatic rings. The highest BCUT2D eigenvalue weighted by Crippen LogP contribution is 2.43. The number of thiophene rings is 1. The molecule has 0 radical (unpaired) electrons. The van der Waals surface area contributed by atoms with Gasteiger partial charge in [0.1, 0.15) is 0 Å². The molecule has 2 fully saturated rings. The maximum atomic E-state index is 5.70. The third-order valence-corrected chi connectivity index (χ3v) is 5.96. The Bertz CT molecular complexity index is 635. The summed E-state index contributed by atoms with van der Waals surface area (Å²) in [6.45, 7) is 0. The van der Waals surface area contributed by atoms with E-state index in [4.69, 9.17) is 12.2 Å². The zero-order valence-electron chi connectivity index (χ0n) is 12.3. The second-order valence-electron chi connectivity index (χ2n) is 5.99. The van der Waals surface area contributed by atoms with Crippen LogP contribution >= 0.6 is 23.6 Å². The van der Waals surface area contributed by atoms with Gasteiger partial charge in [-0.15, -0.1) is 11.3 Å². The third-order valence-electron chi connectivity index (χ3n) is 4.69. The number of pyridine rings is 1. The lowest BCUT2D eigenvalue weighted by Gasteiger charge is -2.32. The van der Waals surface area contributed by atoms with E-state index in [1.807, 2.05) is 23.6 Å². The molecule has 1 saturated carbocycles. The number of rotatable bonds is 3. The van der Waals surface area contributed by atoms with E-state index in [0.29, 0.717) is 6.04 Å². The van der Waals surface area contributed by atoms with Crippen molar-refractivity contribution in [2.24, 2.45) is 0 Å². The topological polar surface area (TPSA) is 28.2 Å². The average molecular weight is 329 g/mol. The summed E-state index contributed by atoms with van der Waals surface area (Å²) in [7, 11) is 0. The highest BCUT2D eigenvalue weighted by molar-refractivity contribution is 7.80. The van der Waals surface area contributed by atoms with Gasteiger partial charge in [-0.1, -0.05) is 25.0 Å². The first-order valence-corrected chi connectivity index (χ1v) is 9.16. The first kappa shape index (κ1) is 14.2. The molecule has 1 aliphatic carbocycles. The number of aromatic nitrogens is 1. The van der Waals surface area contributed by atoms with E-state index in [0.717, 1.165) is 10.8 Å². The van der Waals surface area contributed by atoms with E-state index in [9.17, 15) is 0 Å². The molecule has 0 unspecified atom stereocenters. The van der Waals surface area contributed by atoms with E-state index in [1.165, 1.54) is 30.6 Å².